The van der Waals surface area contributed by atoms with Crippen molar-refractivity contribution >= 4 is 15.9 Å². The first-order valence-corrected chi connectivity index (χ1v) is 8.58. The standard InChI is InChI=1S/C10H20O6P2/c1-5-9(6-2)10(16-17(11)12)18(13,14-7-3)15-8-4/h5-8H2,1-4H3/p+1. The number of hydrogen-bond acceptors (Lipinski definition) is 5. The Morgan fingerprint density at radius 1 is 1.11 bits per heavy atom. The van der Waals surface area contributed by atoms with Crippen LogP contribution in [0.5, 0.6) is 0 Å². The maximum atomic E-state index is 12.5. The molecule has 0 aliphatic rings. The van der Waals surface area contributed by atoms with Crippen LogP contribution in [0.3, 0.4) is 0 Å². The summed E-state index contributed by atoms with van der Waals surface area (Å²) in [5.74, 6) is 0. The highest BCUT2D eigenvalue weighted by Gasteiger charge is 2.40. The van der Waals surface area contributed by atoms with Gasteiger partial charge in [-0.3, -0.25) is 4.57 Å². The summed E-state index contributed by atoms with van der Waals surface area (Å²) in [6.07, 6.45) is 1.08. The largest absolute Gasteiger partial charge is 0.747 e. The lowest BCUT2D eigenvalue weighted by molar-refractivity contribution is 0.211. The number of hydrogen-bond donors (Lipinski definition) is 1. The van der Waals surface area contributed by atoms with Crippen LogP contribution in [0.15, 0.2) is 11.1 Å². The molecule has 0 radical (unpaired) electrons. The van der Waals surface area contributed by atoms with Crippen LogP contribution in [0.1, 0.15) is 40.5 Å². The molecule has 0 heterocycles. The Bertz CT molecular complexity index is 336. The van der Waals surface area contributed by atoms with Crippen molar-refractivity contribution < 1.29 is 27.6 Å². The molecular formula is C10H21O6P2+. The zero-order valence-electron chi connectivity index (χ0n) is 11.2. The average molecular weight is 299 g/mol. The Kier molecular flexibility index (Phi) is 8.66. The Labute approximate surface area is 109 Å². The summed E-state index contributed by atoms with van der Waals surface area (Å²) in [4.78, 5) is 8.88. The van der Waals surface area contributed by atoms with Crippen molar-refractivity contribution in [3.8, 4) is 0 Å². The van der Waals surface area contributed by atoms with Crippen LogP contribution in [0.4, 0.5) is 0 Å². The van der Waals surface area contributed by atoms with Gasteiger partial charge in [0.1, 0.15) is 0 Å². The Morgan fingerprint density at radius 2 is 1.56 bits per heavy atom. The van der Waals surface area contributed by atoms with Crippen LogP contribution in [0.2, 0.25) is 0 Å². The first kappa shape index (κ1) is 17.8. The van der Waals surface area contributed by atoms with Gasteiger partial charge in [0.15, 0.2) is 0 Å². The molecule has 0 aliphatic carbocycles. The molecular weight excluding hydrogens is 278 g/mol. The maximum Gasteiger partial charge on any atom is 0.747 e. The van der Waals surface area contributed by atoms with Crippen molar-refractivity contribution in [3.05, 3.63) is 11.1 Å². The lowest BCUT2D eigenvalue weighted by Crippen LogP contribution is -2.03. The summed E-state index contributed by atoms with van der Waals surface area (Å²) in [6.45, 7) is 7.34. The minimum Gasteiger partial charge on any atom is -0.303 e. The van der Waals surface area contributed by atoms with Crippen LogP contribution in [0.25, 0.3) is 0 Å². The van der Waals surface area contributed by atoms with Crippen molar-refractivity contribution in [3.63, 3.8) is 0 Å². The lowest BCUT2D eigenvalue weighted by atomic mass is 10.2. The van der Waals surface area contributed by atoms with Crippen LogP contribution < -0.4 is 0 Å². The van der Waals surface area contributed by atoms with Crippen LogP contribution in [-0.2, 0) is 22.7 Å². The molecule has 0 fully saturated rings. The van der Waals surface area contributed by atoms with E-state index in [0.29, 0.717) is 18.4 Å². The summed E-state index contributed by atoms with van der Waals surface area (Å²) in [5, 5.41) is 0. The van der Waals surface area contributed by atoms with Crippen molar-refractivity contribution in [2.24, 2.45) is 0 Å². The molecule has 8 heteroatoms. The fraction of sp³-hybridized carbons (Fsp3) is 0.800. The van der Waals surface area contributed by atoms with Gasteiger partial charge in [0.2, 0.25) is 0 Å². The molecule has 0 saturated carbocycles. The van der Waals surface area contributed by atoms with Gasteiger partial charge in [-0.2, -0.15) is 0 Å². The van der Waals surface area contributed by atoms with Crippen LogP contribution in [-0.4, -0.2) is 18.1 Å². The molecule has 6 nitrogen and oxygen atoms in total. The maximum absolute atomic E-state index is 12.5. The van der Waals surface area contributed by atoms with Crippen molar-refractivity contribution in [2.75, 3.05) is 13.2 Å². The normalized spacial score (nSPS) is 12.2. The molecule has 0 saturated heterocycles. The van der Waals surface area contributed by atoms with Crippen molar-refractivity contribution in [1.82, 2.24) is 0 Å². The monoisotopic (exact) mass is 299 g/mol. The van der Waals surface area contributed by atoms with Gasteiger partial charge in [0, 0.05) is 4.57 Å². The zero-order valence-corrected chi connectivity index (χ0v) is 13.0. The highest BCUT2D eigenvalue weighted by Crippen LogP contribution is 2.60. The third kappa shape index (κ3) is 5.17. The van der Waals surface area contributed by atoms with Gasteiger partial charge in [0.25, 0.3) is 5.50 Å². The molecule has 0 aliphatic heterocycles. The predicted molar refractivity (Wildman–Crippen MR) is 69.4 cm³/mol. The molecule has 1 unspecified atom stereocenters. The molecule has 0 bridgehead atoms. The predicted octanol–water partition coefficient (Wildman–Crippen LogP) is 3.95. The molecule has 1 atom stereocenters. The highest BCUT2D eigenvalue weighted by molar-refractivity contribution is 7.58. The van der Waals surface area contributed by atoms with Gasteiger partial charge >= 0.3 is 15.9 Å². The summed E-state index contributed by atoms with van der Waals surface area (Å²) in [5.41, 5.74) is 0.525. The molecule has 0 spiro atoms. The highest BCUT2D eigenvalue weighted by atomic mass is 31.2. The van der Waals surface area contributed by atoms with Gasteiger partial charge in [-0.25, -0.2) is 4.52 Å². The summed E-state index contributed by atoms with van der Waals surface area (Å²) < 4.78 is 38.5. The molecule has 0 aromatic rings. The van der Waals surface area contributed by atoms with E-state index in [2.05, 4.69) is 0 Å². The Balaban J connectivity index is 5.56. The van der Waals surface area contributed by atoms with E-state index in [9.17, 15) is 9.13 Å². The molecule has 0 aromatic heterocycles. The first-order chi connectivity index (χ1) is 8.45. The number of allylic oxidation sites excluding steroid dienone is 1. The van der Waals surface area contributed by atoms with E-state index in [1.807, 2.05) is 13.8 Å². The second kappa shape index (κ2) is 8.78. The van der Waals surface area contributed by atoms with E-state index >= 15 is 0 Å². The minimum absolute atomic E-state index is 0.125. The second-order valence-electron chi connectivity index (χ2n) is 3.28. The molecule has 0 aromatic carbocycles. The van der Waals surface area contributed by atoms with Crippen LogP contribution in [0, 0.1) is 0 Å². The van der Waals surface area contributed by atoms with Gasteiger partial charge in [-0.1, -0.05) is 13.8 Å². The van der Waals surface area contributed by atoms with Gasteiger partial charge in [-0.05, 0) is 32.3 Å². The summed E-state index contributed by atoms with van der Waals surface area (Å²) >= 11 is 0. The number of rotatable bonds is 9. The Hall–Kier alpha value is -0.250. The SMILES string of the molecule is CCOP(=O)(OCC)C(O[P+](=O)O)=C(CC)CC. The van der Waals surface area contributed by atoms with Crippen molar-refractivity contribution in [2.45, 2.75) is 40.5 Å². The smallest absolute Gasteiger partial charge is 0.303 e. The fourth-order valence-corrected chi connectivity index (χ4v) is 4.01. The topological polar surface area (TPSA) is 82.1 Å². The third-order valence-electron chi connectivity index (χ3n) is 2.17. The second-order valence-corrected chi connectivity index (χ2v) is 5.85. The summed E-state index contributed by atoms with van der Waals surface area (Å²) in [6, 6.07) is 0. The first-order valence-electron chi connectivity index (χ1n) is 5.90. The van der Waals surface area contributed by atoms with Crippen LogP contribution >= 0.6 is 15.9 Å². The average Bonchev–Trinajstić information content (AvgIpc) is 2.29. The van der Waals surface area contributed by atoms with Gasteiger partial charge in [-0.15, -0.1) is 4.89 Å². The molecule has 0 rings (SSSR count). The van der Waals surface area contributed by atoms with E-state index in [1.54, 1.807) is 13.8 Å². The van der Waals surface area contributed by atoms with Crippen molar-refractivity contribution in [1.29, 1.82) is 0 Å². The fourth-order valence-electron chi connectivity index (χ4n) is 1.43. The Morgan fingerprint density at radius 3 is 1.83 bits per heavy atom. The van der Waals surface area contributed by atoms with Gasteiger partial charge in [0.05, 0.1) is 13.2 Å². The van der Waals surface area contributed by atoms with E-state index in [4.69, 9.17) is 18.5 Å². The minimum atomic E-state index is -3.66. The van der Waals surface area contributed by atoms with E-state index < -0.39 is 15.9 Å². The molecule has 18 heavy (non-hydrogen) atoms. The third-order valence-corrected chi connectivity index (χ3v) is 4.75. The van der Waals surface area contributed by atoms with E-state index in [-0.39, 0.29) is 18.7 Å². The quantitative estimate of drug-likeness (QED) is 0.512. The van der Waals surface area contributed by atoms with E-state index in [1.165, 1.54) is 0 Å². The molecule has 106 valence electrons. The molecule has 1 N–H and O–H groups in total. The van der Waals surface area contributed by atoms with E-state index in [0.717, 1.165) is 0 Å². The molecule has 0 amide bonds. The zero-order chi connectivity index (χ0) is 14.2. The lowest BCUT2D eigenvalue weighted by Gasteiger charge is -2.18. The van der Waals surface area contributed by atoms with Gasteiger partial charge < -0.3 is 9.05 Å². The summed E-state index contributed by atoms with van der Waals surface area (Å²) in [7, 11) is -6.57.